The molecular weight excluding hydrogens is 138 g/mol. The molecule has 0 aromatic carbocycles. The number of nitrogens with two attached hydrogens (primary N) is 1. The van der Waals surface area contributed by atoms with Crippen molar-refractivity contribution >= 4 is 12.4 Å². The van der Waals surface area contributed by atoms with E-state index in [-0.39, 0.29) is 19.0 Å². The Balaban J connectivity index is -0.0000000800. The minimum absolute atomic E-state index is 0. The number of aliphatic hydroxyl groups is 1. The van der Waals surface area contributed by atoms with Crippen LogP contribution in [0.5, 0.6) is 0 Å². The first-order valence-electron chi connectivity index (χ1n) is 2.75. The molecule has 0 aromatic rings. The van der Waals surface area contributed by atoms with Crippen LogP contribution >= 0.6 is 12.4 Å². The first-order valence-corrected chi connectivity index (χ1v) is 2.75. The molecule has 0 aliphatic heterocycles. The van der Waals surface area contributed by atoms with Gasteiger partial charge in [0.05, 0.1) is 0 Å². The van der Waals surface area contributed by atoms with Crippen molar-refractivity contribution in [3.63, 3.8) is 0 Å². The third kappa shape index (κ3) is 74.0. The van der Waals surface area contributed by atoms with Gasteiger partial charge in [-0.3, -0.25) is 0 Å². The van der Waals surface area contributed by atoms with Crippen LogP contribution in [-0.2, 0) is 0 Å². The molecular formula is C6H16ClNO. The lowest BCUT2D eigenvalue weighted by Gasteiger charge is -1.74. The van der Waals surface area contributed by atoms with Gasteiger partial charge >= 0.3 is 0 Å². The van der Waals surface area contributed by atoms with Gasteiger partial charge in [0, 0.05) is 6.61 Å². The van der Waals surface area contributed by atoms with E-state index >= 15 is 0 Å². The molecule has 0 saturated carbocycles. The maximum atomic E-state index is 7.57. The smallest absolute Gasteiger partial charge is 0.0402 e. The maximum Gasteiger partial charge on any atom is 0.0402 e. The molecule has 9 heavy (non-hydrogen) atoms. The van der Waals surface area contributed by atoms with E-state index in [0.29, 0.717) is 0 Å². The normalized spacial score (nSPS) is 6.11. The maximum absolute atomic E-state index is 7.57. The Morgan fingerprint density at radius 1 is 1.67 bits per heavy atom. The van der Waals surface area contributed by atoms with Gasteiger partial charge < -0.3 is 10.8 Å². The molecule has 0 aliphatic rings. The third-order valence-electron chi connectivity index (χ3n) is 0.371. The second-order valence-corrected chi connectivity index (χ2v) is 1.18. The highest BCUT2D eigenvalue weighted by Crippen LogP contribution is 1.66. The van der Waals surface area contributed by atoms with Gasteiger partial charge in [-0.25, -0.2) is 0 Å². The summed E-state index contributed by atoms with van der Waals surface area (Å²) >= 11 is 0. The predicted octanol–water partition coefficient (Wildman–Crippen LogP) is 0.942. The van der Waals surface area contributed by atoms with Gasteiger partial charge in [-0.05, 0) is 19.9 Å². The van der Waals surface area contributed by atoms with Crippen molar-refractivity contribution in [2.45, 2.75) is 13.3 Å². The number of rotatable bonds is 2. The lowest BCUT2D eigenvalue weighted by atomic mass is 10.4. The monoisotopic (exact) mass is 153 g/mol. The van der Waals surface area contributed by atoms with E-state index in [9.17, 15) is 0 Å². The second kappa shape index (κ2) is 24.6. The Labute approximate surface area is 63.2 Å². The van der Waals surface area contributed by atoms with Crippen LogP contribution in [0.2, 0.25) is 0 Å². The average Bonchev–Trinajstić information content (AvgIpc) is 1.71. The molecule has 0 aromatic heterocycles. The van der Waals surface area contributed by atoms with Crippen molar-refractivity contribution in [2.75, 3.05) is 13.2 Å². The number of halogens is 1. The third-order valence-corrected chi connectivity index (χ3v) is 0.371. The summed E-state index contributed by atoms with van der Waals surface area (Å²) in [6.45, 7) is 6.13. The highest BCUT2D eigenvalue weighted by molar-refractivity contribution is 5.85. The van der Waals surface area contributed by atoms with E-state index in [4.69, 9.17) is 10.8 Å². The molecule has 0 unspecified atom stereocenters. The summed E-state index contributed by atoms with van der Waals surface area (Å²) in [5.41, 5.74) is 5.07. The summed E-state index contributed by atoms with van der Waals surface area (Å²) in [6, 6.07) is 0. The summed E-state index contributed by atoms with van der Waals surface area (Å²) in [7, 11) is 0. The van der Waals surface area contributed by atoms with Crippen molar-refractivity contribution in [3.05, 3.63) is 12.7 Å². The topological polar surface area (TPSA) is 46.2 Å². The lowest BCUT2D eigenvalue weighted by molar-refractivity contribution is 0.318. The average molecular weight is 154 g/mol. The van der Waals surface area contributed by atoms with Crippen molar-refractivity contribution in [1.29, 1.82) is 0 Å². The second-order valence-electron chi connectivity index (χ2n) is 1.18. The largest absolute Gasteiger partial charge is 0.397 e. The Kier molecular flexibility index (Phi) is 43.7. The minimum atomic E-state index is 0. The number of aliphatic hydroxyl groups excluding tert-OH is 1. The lowest BCUT2D eigenvalue weighted by Crippen LogP contribution is -1.94. The Hall–Kier alpha value is -0.0500. The Morgan fingerprint density at radius 3 is 2.00 bits per heavy atom. The van der Waals surface area contributed by atoms with Crippen molar-refractivity contribution < 1.29 is 5.11 Å². The van der Waals surface area contributed by atoms with Crippen LogP contribution in [0, 0.1) is 0 Å². The molecule has 0 aliphatic carbocycles. The van der Waals surface area contributed by atoms with E-state index in [1.165, 1.54) is 0 Å². The molecule has 0 amide bonds. The van der Waals surface area contributed by atoms with E-state index in [1.54, 1.807) is 13.0 Å². The highest BCUT2D eigenvalue weighted by atomic mass is 35.5. The molecule has 58 valence electrons. The van der Waals surface area contributed by atoms with Gasteiger partial charge in [0.15, 0.2) is 0 Å². The standard InChI is InChI=1S/C4H9N.C2H6O.ClH/c1-2-3-4-5;1-2-3;/h2H,1,3-5H2;3H,2H2,1H3;1H. The van der Waals surface area contributed by atoms with Crippen molar-refractivity contribution in [1.82, 2.24) is 0 Å². The quantitative estimate of drug-likeness (QED) is 0.581. The first-order chi connectivity index (χ1) is 3.83. The molecule has 2 nitrogen and oxygen atoms in total. The van der Waals surface area contributed by atoms with Crippen LogP contribution in [0.3, 0.4) is 0 Å². The van der Waals surface area contributed by atoms with E-state index < -0.39 is 0 Å². The molecule has 0 atom stereocenters. The molecule has 0 rings (SSSR count). The highest BCUT2D eigenvalue weighted by Gasteiger charge is 1.61. The molecule has 0 saturated heterocycles. The van der Waals surface area contributed by atoms with E-state index in [1.807, 2.05) is 0 Å². The van der Waals surface area contributed by atoms with Gasteiger partial charge in [0.2, 0.25) is 0 Å². The first kappa shape index (κ1) is 16.0. The number of hydrogen-bond acceptors (Lipinski definition) is 2. The van der Waals surface area contributed by atoms with Crippen molar-refractivity contribution in [2.24, 2.45) is 5.73 Å². The Morgan fingerprint density at radius 2 is 2.00 bits per heavy atom. The fourth-order valence-electron chi connectivity index (χ4n) is 0.118. The zero-order valence-electron chi connectivity index (χ0n) is 5.84. The van der Waals surface area contributed by atoms with Gasteiger partial charge in [-0.15, -0.1) is 19.0 Å². The molecule has 0 spiro atoms. The molecule has 3 heteroatoms. The van der Waals surface area contributed by atoms with E-state index in [2.05, 4.69) is 6.58 Å². The summed E-state index contributed by atoms with van der Waals surface area (Å²) in [6.07, 6.45) is 2.74. The Bertz CT molecular complexity index is 42.0. The zero-order chi connectivity index (χ0) is 6.83. The zero-order valence-corrected chi connectivity index (χ0v) is 6.66. The van der Waals surface area contributed by atoms with Gasteiger partial charge in [-0.2, -0.15) is 0 Å². The van der Waals surface area contributed by atoms with Gasteiger partial charge in [-0.1, -0.05) is 6.08 Å². The molecule has 0 fully saturated rings. The van der Waals surface area contributed by atoms with Crippen LogP contribution in [-0.4, -0.2) is 18.3 Å². The number of hydrogen-bond donors (Lipinski definition) is 2. The predicted molar refractivity (Wildman–Crippen MR) is 43.9 cm³/mol. The van der Waals surface area contributed by atoms with Gasteiger partial charge in [0.1, 0.15) is 0 Å². The summed E-state index contributed by atoms with van der Waals surface area (Å²) in [4.78, 5) is 0. The van der Waals surface area contributed by atoms with Gasteiger partial charge in [0.25, 0.3) is 0 Å². The summed E-state index contributed by atoms with van der Waals surface area (Å²) in [5.74, 6) is 0. The summed E-state index contributed by atoms with van der Waals surface area (Å²) in [5, 5.41) is 7.57. The fraction of sp³-hybridized carbons (Fsp3) is 0.667. The molecule has 3 N–H and O–H groups in total. The SMILES string of the molecule is C=CCCN.CCO.Cl. The van der Waals surface area contributed by atoms with Crippen LogP contribution < -0.4 is 5.73 Å². The van der Waals surface area contributed by atoms with E-state index in [0.717, 1.165) is 13.0 Å². The van der Waals surface area contributed by atoms with Crippen molar-refractivity contribution in [3.8, 4) is 0 Å². The van der Waals surface area contributed by atoms with Crippen LogP contribution in [0.15, 0.2) is 12.7 Å². The molecule has 0 bridgehead atoms. The minimum Gasteiger partial charge on any atom is -0.397 e. The summed E-state index contributed by atoms with van der Waals surface area (Å²) < 4.78 is 0. The fourth-order valence-corrected chi connectivity index (χ4v) is 0.118. The van der Waals surface area contributed by atoms with Crippen LogP contribution in [0.4, 0.5) is 0 Å². The molecule has 0 radical (unpaired) electrons. The van der Waals surface area contributed by atoms with Crippen LogP contribution in [0.1, 0.15) is 13.3 Å². The van der Waals surface area contributed by atoms with Crippen LogP contribution in [0.25, 0.3) is 0 Å². The molecule has 0 heterocycles.